The zero-order valence-corrected chi connectivity index (χ0v) is 17.7. The number of nitrogens with zero attached hydrogens (tertiary/aromatic N) is 3. The largest absolute Gasteiger partial charge is 0.496 e. The summed E-state index contributed by atoms with van der Waals surface area (Å²) in [7, 11) is 3.47. The Labute approximate surface area is 167 Å². The molecule has 0 aliphatic carbocycles. The third-order valence-electron chi connectivity index (χ3n) is 3.73. The van der Waals surface area contributed by atoms with E-state index < -0.39 is 0 Å². The molecule has 2 N–H and O–H groups in total. The van der Waals surface area contributed by atoms with Gasteiger partial charge in [-0.05, 0) is 37.5 Å². The van der Waals surface area contributed by atoms with Gasteiger partial charge >= 0.3 is 0 Å². The average molecular weight is 457 g/mol. The van der Waals surface area contributed by atoms with Gasteiger partial charge in [-0.25, -0.2) is 0 Å². The Morgan fingerprint density at radius 3 is 2.68 bits per heavy atom. The van der Waals surface area contributed by atoms with Gasteiger partial charge in [0.1, 0.15) is 5.75 Å². The van der Waals surface area contributed by atoms with Gasteiger partial charge in [0.15, 0.2) is 5.96 Å². The molecule has 0 saturated heterocycles. The summed E-state index contributed by atoms with van der Waals surface area (Å²) < 4.78 is 7.39. The van der Waals surface area contributed by atoms with E-state index in [4.69, 9.17) is 4.74 Å². The van der Waals surface area contributed by atoms with Gasteiger partial charge in [0.2, 0.25) is 0 Å². The van der Waals surface area contributed by atoms with E-state index in [0.717, 1.165) is 36.8 Å². The second kappa shape index (κ2) is 11.0. The minimum atomic E-state index is 0. The Balaban J connectivity index is 0.00000312. The fourth-order valence-electron chi connectivity index (χ4n) is 2.43. The third-order valence-corrected chi connectivity index (χ3v) is 3.73. The number of nitrogens with one attached hydrogen (secondary N) is 2. The third kappa shape index (κ3) is 6.93. The summed E-state index contributed by atoms with van der Waals surface area (Å²) in [5, 5.41) is 10.9. The van der Waals surface area contributed by atoms with Crippen LogP contribution in [0.3, 0.4) is 0 Å². The molecule has 0 saturated carbocycles. The molecule has 1 heterocycles. The lowest BCUT2D eigenvalue weighted by molar-refractivity contribution is 0.408. The molecule has 2 rings (SSSR count). The summed E-state index contributed by atoms with van der Waals surface area (Å²) in [6.07, 6.45) is 4.91. The lowest BCUT2D eigenvalue weighted by Crippen LogP contribution is -2.37. The molecule has 1 aromatic heterocycles. The molecule has 138 valence electrons. The molecule has 0 amide bonds. The summed E-state index contributed by atoms with van der Waals surface area (Å²) in [5.74, 6) is 1.68. The maximum atomic E-state index is 5.43. The number of aryl methyl sites for hydroxylation is 3. The van der Waals surface area contributed by atoms with Gasteiger partial charge < -0.3 is 15.4 Å². The number of ether oxygens (including phenoxy) is 1. The van der Waals surface area contributed by atoms with Crippen molar-refractivity contribution >= 4 is 29.9 Å². The van der Waals surface area contributed by atoms with E-state index in [1.807, 2.05) is 23.9 Å². The van der Waals surface area contributed by atoms with Crippen LogP contribution in [0.2, 0.25) is 0 Å². The van der Waals surface area contributed by atoms with Crippen LogP contribution in [0, 0.1) is 13.8 Å². The fraction of sp³-hybridized carbons (Fsp3) is 0.444. The molecule has 0 spiro atoms. The Kier molecular flexibility index (Phi) is 9.33. The predicted octanol–water partition coefficient (Wildman–Crippen LogP) is 2.88. The van der Waals surface area contributed by atoms with Gasteiger partial charge in [-0.15, -0.1) is 24.0 Å². The summed E-state index contributed by atoms with van der Waals surface area (Å²) in [6, 6.07) is 6.20. The molecule has 1 aromatic carbocycles. The number of methoxy groups -OCH3 is 1. The quantitative estimate of drug-likeness (QED) is 0.291. The van der Waals surface area contributed by atoms with E-state index in [1.165, 1.54) is 11.1 Å². The van der Waals surface area contributed by atoms with Crippen molar-refractivity contribution in [3.63, 3.8) is 0 Å². The van der Waals surface area contributed by atoms with E-state index in [1.54, 1.807) is 14.2 Å². The molecule has 0 aliphatic heterocycles. The van der Waals surface area contributed by atoms with Crippen LogP contribution in [0.15, 0.2) is 35.6 Å². The van der Waals surface area contributed by atoms with Crippen molar-refractivity contribution in [2.45, 2.75) is 33.4 Å². The molecule has 7 heteroatoms. The predicted molar refractivity (Wildman–Crippen MR) is 113 cm³/mol. The van der Waals surface area contributed by atoms with Crippen molar-refractivity contribution in [2.24, 2.45) is 4.99 Å². The maximum Gasteiger partial charge on any atom is 0.191 e. The van der Waals surface area contributed by atoms with E-state index >= 15 is 0 Å². The first kappa shape index (κ1) is 21.3. The topological polar surface area (TPSA) is 63.5 Å². The number of rotatable bonds is 7. The summed E-state index contributed by atoms with van der Waals surface area (Å²) >= 11 is 0. The number of hydrogen-bond acceptors (Lipinski definition) is 3. The molecule has 25 heavy (non-hydrogen) atoms. The van der Waals surface area contributed by atoms with E-state index in [2.05, 4.69) is 46.0 Å². The SMILES string of the molecule is CN=C(NCCCn1cc(C)cn1)NCc1ccc(C)cc1OC.I. The Morgan fingerprint density at radius 1 is 1.24 bits per heavy atom. The lowest BCUT2D eigenvalue weighted by atomic mass is 10.1. The van der Waals surface area contributed by atoms with E-state index in [9.17, 15) is 0 Å². The van der Waals surface area contributed by atoms with Gasteiger partial charge in [-0.1, -0.05) is 12.1 Å². The number of aromatic nitrogens is 2. The Morgan fingerprint density at radius 2 is 2.04 bits per heavy atom. The van der Waals surface area contributed by atoms with Crippen molar-refractivity contribution in [1.29, 1.82) is 0 Å². The van der Waals surface area contributed by atoms with Gasteiger partial charge in [0.05, 0.1) is 13.3 Å². The molecule has 2 aromatic rings. The number of benzene rings is 1. The van der Waals surface area contributed by atoms with Crippen LogP contribution < -0.4 is 15.4 Å². The first-order valence-corrected chi connectivity index (χ1v) is 8.19. The molecule has 0 radical (unpaired) electrons. The zero-order chi connectivity index (χ0) is 17.4. The van der Waals surface area contributed by atoms with Gasteiger partial charge in [-0.3, -0.25) is 9.67 Å². The minimum Gasteiger partial charge on any atom is -0.496 e. The Bertz CT molecular complexity index is 684. The fourth-order valence-corrected chi connectivity index (χ4v) is 2.43. The van der Waals surface area contributed by atoms with Gasteiger partial charge in [-0.2, -0.15) is 5.10 Å². The first-order chi connectivity index (χ1) is 11.6. The zero-order valence-electron chi connectivity index (χ0n) is 15.4. The van der Waals surface area contributed by atoms with Gasteiger partial charge in [0.25, 0.3) is 0 Å². The number of guanidine groups is 1. The molecular weight excluding hydrogens is 429 g/mol. The molecule has 0 fully saturated rings. The van der Waals surface area contributed by atoms with Crippen LogP contribution in [0.5, 0.6) is 5.75 Å². The second-order valence-corrected chi connectivity index (χ2v) is 5.80. The standard InChI is InChI=1S/C18H27N5O.HI/c1-14-6-7-16(17(10-14)24-4)12-21-18(19-3)20-8-5-9-23-13-15(2)11-22-23;/h6-7,10-11,13H,5,8-9,12H2,1-4H3,(H2,19,20,21);1H. The van der Waals surface area contributed by atoms with E-state index in [-0.39, 0.29) is 24.0 Å². The number of halogens is 1. The molecular formula is C18H28IN5O. The highest BCUT2D eigenvalue weighted by Gasteiger charge is 2.04. The second-order valence-electron chi connectivity index (χ2n) is 5.80. The van der Waals surface area contributed by atoms with Crippen LogP contribution in [0.4, 0.5) is 0 Å². The summed E-state index contributed by atoms with van der Waals surface area (Å²) in [4.78, 5) is 4.26. The first-order valence-electron chi connectivity index (χ1n) is 8.19. The highest BCUT2D eigenvalue weighted by molar-refractivity contribution is 14.0. The molecule has 0 unspecified atom stereocenters. The summed E-state index contributed by atoms with van der Waals surface area (Å²) in [6.45, 7) is 6.50. The smallest absolute Gasteiger partial charge is 0.191 e. The van der Waals surface area contributed by atoms with Crippen LogP contribution in [-0.4, -0.2) is 36.4 Å². The van der Waals surface area contributed by atoms with E-state index in [0.29, 0.717) is 6.54 Å². The normalized spacial score (nSPS) is 11.0. The van der Waals surface area contributed by atoms with Crippen molar-refractivity contribution in [3.05, 3.63) is 47.3 Å². The maximum absolute atomic E-state index is 5.43. The van der Waals surface area contributed by atoms with Crippen LogP contribution >= 0.6 is 24.0 Å². The molecule has 0 bridgehead atoms. The summed E-state index contributed by atoms with van der Waals surface area (Å²) in [5.41, 5.74) is 3.48. The highest BCUT2D eigenvalue weighted by Crippen LogP contribution is 2.19. The van der Waals surface area contributed by atoms with Crippen molar-refractivity contribution in [3.8, 4) is 5.75 Å². The monoisotopic (exact) mass is 457 g/mol. The van der Waals surface area contributed by atoms with Crippen molar-refractivity contribution in [2.75, 3.05) is 20.7 Å². The molecule has 0 atom stereocenters. The minimum absolute atomic E-state index is 0. The average Bonchev–Trinajstić information content (AvgIpc) is 3.00. The number of aliphatic imine (C=N–C) groups is 1. The molecule has 6 nitrogen and oxygen atoms in total. The highest BCUT2D eigenvalue weighted by atomic mass is 127. The van der Waals surface area contributed by atoms with Crippen LogP contribution in [0.25, 0.3) is 0 Å². The lowest BCUT2D eigenvalue weighted by Gasteiger charge is -2.14. The van der Waals surface area contributed by atoms with Crippen LogP contribution in [-0.2, 0) is 13.1 Å². The molecule has 0 aliphatic rings. The number of hydrogen-bond donors (Lipinski definition) is 2. The van der Waals surface area contributed by atoms with Crippen LogP contribution in [0.1, 0.15) is 23.1 Å². The van der Waals surface area contributed by atoms with Gasteiger partial charge in [0, 0.05) is 38.4 Å². The van der Waals surface area contributed by atoms with Crippen molar-refractivity contribution < 1.29 is 4.74 Å². The van der Waals surface area contributed by atoms with Crippen molar-refractivity contribution in [1.82, 2.24) is 20.4 Å². The Hall–Kier alpha value is -1.77.